The summed E-state index contributed by atoms with van der Waals surface area (Å²) >= 11 is 0. The lowest BCUT2D eigenvalue weighted by Gasteiger charge is -2.40. The number of hydrogen-bond donors (Lipinski definition) is 0. The van der Waals surface area contributed by atoms with Crippen molar-refractivity contribution in [1.29, 1.82) is 0 Å². The maximum Gasteiger partial charge on any atom is 0.410 e. The average Bonchev–Trinajstić information content (AvgIpc) is 2.53. The number of hydrogen-bond acceptors (Lipinski definition) is 4. The van der Waals surface area contributed by atoms with Gasteiger partial charge in [0.2, 0.25) is 0 Å². The van der Waals surface area contributed by atoms with Crippen molar-refractivity contribution < 1.29 is 19.1 Å². The van der Waals surface area contributed by atoms with Crippen LogP contribution in [0.1, 0.15) is 33.6 Å². The van der Waals surface area contributed by atoms with Crippen molar-refractivity contribution in [3.05, 3.63) is 24.3 Å². The van der Waals surface area contributed by atoms with E-state index in [0.29, 0.717) is 13.1 Å². The van der Waals surface area contributed by atoms with E-state index in [0.717, 1.165) is 24.3 Å². The van der Waals surface area contributed by atoms with Gasteiger partial charge in [0.05, 0.1) is 5.69 Å². The smallest absolute Gasteiger partial charge is 0.410 e. The van der Waals surface area contributed by atoms with E-state index in [9.17, 15) is 9.59 Å². The van der Waals surface area contributed by atoms with Crippen molar-refractivity contribution in [3.8, 4) is 5.75 Å². The highest BCUT2D eigenvalue weighted by Crippen LogP contribution is 2.35. The predicted octanol–water partition coefficient (Wildman–Crippen LogP) is 2.81. The number of piperidine rings is 1. The number of carbonyl (C=O) groups is 2. The number of amides is 2. The minimum Gasteiger partial charge on any atom is -0.482 e. The van der Waals surface area contributed by atoms with Crippen LogP contribution < -0.4 is 9.64 Å². The highest BCUT2D eigenvalue weighted by atomic mass is 16.6. The van der Waals surface area contributed by atoms with Crippen LogP contribution in [0.4, 0.5) is 10.5 Å². The van der Waals surface area contributed by atoms with E-state index in [1.165, 1.54) is 0 Å². The number of nitrogens with zero attached hydrogens (tertiary/aromatic N) is 2. The second-order valence-corrected chi connectivity index (χ2v) is 7.22. The quantitative estimate of drug-likeness (QED) is 0.793. The van der Waals surface area contributed by atoms with Crippen LogP contribution in [0, 0.1) is 0 Å². The average molecular weight is 332 g/mol. The Bertz CT molecular complexity index is 630. The molecule has 0 aromatic heterocycles. The van der Waals surface area contributed by atoms with Crippen LogP contribution in [0.5, 0.6) is 5.75 Å². The molecule has 2 amide bonds. The van der Waals surface area contributed by atoms with Crippen LogP contribution in [0.3, 0.4) is 0 Å². The molecule has 0 spiro atoms. The van der Waals surface area contributed by atoms with E-state index >= 15 is 0 Å². The SMILES string of the molecule is CC(C)(C)OC(=O)N1CCC(N2C(=O)COc3ccccc32)CC1. The lowest BCUT2D eigenvalue weighted by molar-refractivity contribution is -0.122. The first-order valence-corrected chi connectivity index (χ1v) is 8.37. The standard InChI is InChI=1S/C18H24N2O4/c1-18(2,3)24-17(22)19-10-8-13(9-11-19)20-14-6-4-5-7-15(14)23-12-16(20)21/h4-7,13H,8-12H2,1-3H3. The van der Waals surface area contributed by atoms with E-state index in [1.54, 1.807) is 4.90 Å². The Morgan fingerprint density at radius 1 is 1.21 bits per heavy atom. The van der Waals surface area contributed by atoms with E-state index in [-0.39, 0.29) is 24.6 Å². The van der Waals surface area contributed by atoms with Crippen LogP contribution >= 0.6 is 0 Å². The van der Waals surface area contributed by atoms with Gasteiger partial charge in [-0.1, -0.05) is 12.1 Å². The van der Waals surface area contributed by atoms with Crippen LogP contribution in [0.15, 0.2) is 24.3 Å². The zero-order chi connectivity index (χ0) is 17.3. The zero-order valence-corrected chi connectivity index (χ0v) is 14.4. The molecule has 2 heterocycles. The molecule has 130 valence electrons. The molecule has 3 rings (SSSR count). The molecule has 1 aromatic rings. The number of benzene rings is 1. The third-order valence-corrected chi connectivity index (χ3v) is 4.23. The molecule has 0 aliphatic carbocycles. The molecular formula is C18H24N2O4. The van der Waals surface area contributed by atoms with E-state index in [2.05, 4.69) is 0 Å². The normalized spacial score (nSPS) is 18.9. The van der Waals surface area contributed by atoms with Gasteiger partial charge < -0.3 is 19.3 Å². The second-order valence-electron chi connectivity index (χ2n) is 7.22. The van der Waals surface area contributed by atoms with Gasteiger partial charge in [0, 0.05) is 19.1 Å². The zero-order valence-electron chi connectivity index (χ0n) is 14.4. The van der Waals surface area contributed by atoms with Crippen molar-refractivity contribution in [1.82, 2.24) is 4.90 Å². The van der Waals surface area contributed by atoms with Gasteiger partial charge in [0.1, 0.15) is 11.4 Å². The third-order valence-electron chi connectivity index (χ3n) is 4.23. The van der Waals surface area contributed by atoms with Crippen LogP contribution in [0.2, 0.25) is 0 Å². The van der Waals surface area contributed by atoms with Crippen molar-refractivity contribution in [2.75, 3.05) is 24.6 Å². The molecule has 6 heteroatoms. The molecule has 1 saturated heterocycles. The fourth-order valence-corrected chi connectivity index (χ4v) is 3.16. The highest BCUT2D eigenvalue weighted by molar-refractivity contribution is 5.98. The van der Waals surface area contributed by atoms with Gasteiger partial charge >= 0.3 is 6.09 Å². The second kappa shape index (κ2) is 6.34. The Labute approximate surface area is 142 Å². The summed E-state index contributed by atoms with van der Waals surface area (Å²) in [5, 5.41) is 0. The maximum absolute atomic E-state index is 12.4. The maximum atomic E-state index is 12.4. The first-order valence-electron chi connectivity index (χ1n) is 8.37. The summed E-state index contributed by atoms with van der Waals surface area (Å²) in [5.41, 5.74) is 0.331. The molecule has 24 heavy (non-hydrogen) atoms. The molecular weight excluding hydrogens is 308 g/mol. The summed E-state index contributed by atoms with van der Waals surface area (Å²) in [6, 6.07) is 7.68. The molecule has 1 fully saturated rings. The van der Waals surface area contributed by atoms with E-state index < -0.39 is 5.60 Å². The molecule has 0 saturated carbocycles. The summed E-state index contributed by atoms with van der Waals surface area (Å²) in [6.45, 7) is 6.84. The molecule has 0 bridgehead atoms. The summed E-state index contributed by atoms with van der Waals surface area (Å²) in [4.78, 5) is 28.1. The topological polar surface area (TPSA) is 59.1 Å². The molecule has 0 atom stereocenters. The van der Waals surface area contributed by atoms with Gasteiger partial charge in [0.15, 0.2) is 6.61 Å². The van der Waals surface area contributed by atoms with Crippen molar-refractivity contribution in [3.63, 3.8) is 0 Å². The summed E-state index contributed by atoms with van der Waals surface area (Å²) < 4.78 is 10.9. The predicted molar refractivity (Wildman–Crippen MR) is 90.3 cm³/mol. The number of carbonyl (C=O) groups excluding carboxylic acids is 2. The van der Waals surface area contributed by atoms with Crippen molar-refractivity contribution >= 4 is 17.7 Å². The fraction of sp³-hybridized carbons (Fsp3) is 0.556. The van der Waals surface area contributed by atoms with Crippen LogP contribution in [0.25, 0.3) is 0 Å². The largest absolute Gasteiger partial charge is 0.482 e. The number of anilines is 1. The number of para-hydroxylation sites is 2. The monoisotopic (exact) mass is 332 g/mol. The number of ether oxygens (including phenoxy) is 2. The Morgan fingerprint density at radius 3 is 2.54 bits per heavy atom. The molecule has 0 N–H and O–H groups in total. The van der Waals surface area contributed by atoms with E-state index in [4.69, 9.17) is 9.47 Å². The summed E-state index contributed by atoms with van der Waals surface area (Å²) in [7, 11) is 0. The van der Waals surface area contributed by atoms with E-state index in [1.807, 2.05) is 49.9 Å². The minimum absolute atomic E-state index is 0.0237. The van der Waals surface area contributed by atoms with Crippen molar-refractivity contribution in [2.24, 2.45) is 0 Å². The molecule has 0 unspecified atom stereocenters. The Morgan fingerprint density at radius 2 is 1.88 bits per heavy atom. The summed E-state index contributed by atoms with van der Waals surface area (Å²) in [6.07, 6.45) is 1.19. The van der Waals surface area contributed by atoms with Crippen LogP contribution in [-0.2, 0) is 9.53 Å². The first-order chi connectivity index (χ1) is 11.3. The molecule has 2 aliphatic heterocycles. The van der Waals surface area contributed by atoms with Gasteiger partial charge in [-0.15, -0.1) is 0 Å². The highest BCUT2D eigenvalue weighted by Gasteiger charge is 2.35. The fourth-order valence-electron chi connectivity index (χ4n) is 3.16. The lowest BCUT2D eigenvalue weighted by atomic mass is 10.0. The summed E-state index contributed by atoms with van der Waals surface area (Å²) in [5.74, 6) is 0.719. The number of rotatable bonds is 1. The van der Waals surface area contributed by atoms with Gasteiger partial charge in [-0.25, -0.2) is 4.79 Å². The Kier molecular flexibility index (Phi) is 4.39. The lowest BCUT2D eigenvalue weighted by Crippen LogP contribution is -2.52. The van der Waals surface area contributed by atoms with Gasteiger partial charge in [-0.3, -0.25) is 4.79 Å². The van der Waals surface area contributed by atoms with Gasteiger partial charge in [-0.05, 0) is 45.7 Å². The third kappa shape index (κ3) is 3.47. The molecule has 1 aromatic carbocycles. The minimum atomic E-state index is -0.493. The number of likely N-dealkylation sites (tertiary alicyclic amines) is 1. The Hall–Kier alpha value is -2.24. The van der Waals surface area contributed by atoms with Crippen LogP contribution in [-0.4, -0.2) is 48.2 Å². The molecule has 6 nitrogen and oxygen atoms in total. The van der Waals surface area contributed by atoms with Gasteiger partial charge in [0.25, 0.3) is 5.91 Å². The number of fused-ring (bicyclic) bond motifs is 1. The molecule has 2 aliphatic rings. The van der Waals surface area contributed by atoms with Gasteiger partial charge in [-0.2, -0.15) is 0 Å². The Balaban J connectivity index is 1.67. The first kappa shape index (κ1) is 16.6. The molecule has 0 radical (unpaired) electrons. The van der Waals surface area contributed by atoms with Crippen molar-refractivity contribution in [2.45, 2.75) is 45.3 Å².